The van der Waals surface area contributed by atoms with Gasteiger partial charge in [-0.05, 0) is 6.92 Å². The zero-order valence-corrected chi connectivity index (χ0v) is 10.5. The normalized spacial score (nSPS) is 16.4. The van der Waals surface area contributed by atoms with Crippen molar-refractivity contribution in [2.75, 3.05) is 32.0 Å². The monoisotopic (exact) mass is 250 g/mol. The lowest BCUT2D eigenvalue weighted by Crippen LogP contribution is -2.40. The highest BCUT2D eigenvalue weighted by Gasteiger charge is 2.22. The van der Waals surface area contributed by atoms with Gasteiger partial charge in [0, 0.05) is 19.3 Å². The molecule has 1 aromatic heterocycles. The molecule has 6 heteroatoms. The van der Waals surface area contributed by atoms with E-state index in [2.05, 4.69) is 5.10 Å². The summed E-state index contributed by atoms with van der Waals surface area (Å²) in [7, 11) is 0. The van der Waals surface area contributed by atoms with Crippen molar-refractivity contribution < 1.29 is 9.53 Å². The number of morpholine rings is 1. The van der Waals surface area contributed by atoms with Gasteiger partial charge in [0.1, 0.15) is 5.56 Å². The smallest absolute Gasteiger partial charge is 0.259 e. The molecule has 0 aromatic carbocycles. The first-order valence-electron chi connectivity index (χ1n) is 6.03. The van der Waals surface area contributed by atoms with Crippen LogP contribution in [0.25, 0.3) is 0 Å². The highest BCUT2D eigenvalue weighted by atomic mass is 16.5. The predicted molar refractivity (Wildman–Crippen MR) is 68.2 cm³/mol. The van der Waals surface area contributed by atoms with E-state index in [0.717, 1.165) is 0 Å². The van der Waals surface area contributed by atoms with Crippen LogP contribution in [0.15, 0.2) is 18.3 Å². The van der Waals surface area contributed by atoms with Crippen LogP contribution in [0.1, 0.15) is 17.3 Å². The largest absolute Gasteiger partial charge is 0.382 e. The number of ether oxygens (including phenoxy) is 1. The van der Waals surface area contributed by atoms with E-state index in [0.29, 0.717) is 38.4 Å². The molecule has 0 bridgehead atoms. The second-order valence-corrected chi connectivity index (χ2v) is 4.12. The highest BCUT2D eigenvalue weighted by molar-refractivity contribution is 5.98. The number of aromatic nitrogens is 2. The SMILES string of the molecule is C/C=C/Cn1cc(C(=O)N2CCOCC2)c(N)n1. The van der Waals surface area contributed by atoms with Crippen molar-refractivity contribution in [2.24, 2.45) is 0 Å². The van der Waals surface area contributed by atoms with Crippen molar-refractivity contribution in [3.05, 3.63) is 23.9 Å². The summed E-state index contributed by atoms with van der Waals surface area (Å²) in [6, 6.07) is 0. The van der Waals surface area contributed by atoms with Gasteiger partial charge < -0.3 is 15.4 Å². The zero-order valence-electron chi connectivity index (χ0n) is 10.5. The van der Waals surface area contributed by atoms with Crippen LogP contribution in [0.3, 0.4) is 0 Å². The molecule has 1 aliphatic rings. The third kappa shape index (κ3) is 2.70. The lowest BCUT2D eigenvalue weighted by atomic mass is 10.2. The maximum absolute atomic E-state index is 12.2. The summed E-state index contributed by atoms with van der Waals surface area (Å²) >= 11 is 0. The number of nitrogen functional groups attached to an aromatic ring is 1. The van der Waals surface area contributed by atoms with Crippen LogP contribution in [0, 0.1) is 0 Å². The molecule has 6 nitrogen and oxygen atoms in total. The molecule has 0 aliphatic carbocycles. The number of carbonyl (C=O) groups excluding carboxylic acids is 1. The maximum Gasteiger partial charge on any atom is 0.259 e. The Labute approximate surface area is 106 Å². The number of rotatable bonds is 3. The van der Waals surface area contributed by atoms with Gasteiger partial charge in [-0.25, -0.2) is 0 Å². The van der Waals surface area contributed by atoms with Gasteiger partial charge in [0.2, 0.25) is 0 Å². The fraction of sp³-hybridized carbons (Fsp3) is 0.500. The highest BCUT2D eigenvalue weighted by Crippen LogP contribution is 2.13. The molecule has 1 amide bonds. The van der Waals surface area contributed by atoms with Crippen LogP contribution in [0.5, 0.6) is 0 Å². The Morgan fingerprint density at radius 1 is 1.56 bits per heavy atom. The number of hydrogen-bond acceptors (Lipinski definition) is 4. The summed E-state index contributed by atoms with van der Waals surface area (Å²) in [5.74, 6) is 0.221. The molecule has 2 N–H and O–H groups in total. The Balaban J connectivity index is 2.11. The Morgan fingerprint density at radius 2 is 2.28 bits per heavy atom. The fourth-order valence-electron chi connectivity index (χ4n) is 1.84. The molecule has 1 aromatic rings. The van der Waals surface area contributed by atoms with Gasteiger partial charge in [0.05, 0.1) is 19.8 Å². The van der Waals surface area contributed by atoms with E-state index in [9.17, 15) is 4.79 Å². The van der Waals surface area contributed by atoms with Gasteiger partial charge in [-0.1, -0.05) is 12.2 Å². The van der Waals surface area contributed by atoms with Crippen LogP contribution >= 0.6 is 0 Å². The standard InChI is InChI=1S/C12H18N4O2/c1-2-3-4-16-9-10(11(13)14-16)12(17)15-5-7-18-8-6-15/h2-3,9H,4-8H2,1H3,(H2,13,14)/b3-2+. The first-order valence-corrected chi connectivity index (χ1v) is 6.03. The van der Waals surface area contributed by atoms with Crippen molar-refractivity contribution in [1.82, 2.24) is 14.7 Å². The van der Waals surface area contributed by atoms with E-state index in [1.54, 1.807) is 15.8 Å². The molecule has 0 saturated carbocycles. The summed E-state index contributed by atoms with van der Waals surface area (Å²) in [5, 5.41) is 4.13. The first kappa shape index (κ1) is 12.6. The Kier molecular flexibility index (Phi) is 3.99. The van der Waals surface area contributed by atoms with Crippen LogP contribution < -0.4 is 5.73 Å². The van der Waals surface area contributed by atoms with E-state index in [1.165, 1.54) is 0 Å². The zero-order chi connectivity index (χ0) is 13.0. The lowest BCUT2D eigenvalue weighted by molar-refractivity contribution is 0.0303. The molecule has 1 saturated heterocycles. The molecule has 2 rings (SSSR count). The van der Waals surface area contributed by atoms with Crippen molar-refractivity contribution >= 4 is 11.7 Å². The van der Waals surface area contributed by atoms with Gasteiger partial charge in [-0.2, -0.15) is 5.10 Å². The van der Waals surface area contributed by atoms with Gasteiger partial charge >= 0.3 is 0 Å². The molecule has 18 heavy (non-hydrogen) atoms. The molecule has 0 unspecified atom stereocenters. The molecule has 0 radical (unpaired) electrons. The summed E-state index contributed by atoms with van der Waals surface area (Å²) in [5.41, 5.74) is 6.26. The second-order valence-electron chi connectivity index (χ2n) is 4.12. The van der Waals surface area contributed by atoms with Gasteiger partial charge in [-0.3, -0.25) is 9.48 Å². The molecule has 2 heterocycles. The van der Waals surface area contributed by atoms with Crippen molar-refractivity contribution in [3.8, 4) is 0 Å². The van der Waals surface area contributed by atoms with E-state index < -0.39 is 0 Å². The quantitative estimate of drug-likeness (QED) is 0.793. The van der Waals surface area contributed by atoms with Crippen LogP contribution in [0.2, 0.25) is 0 Å². The minimum Gasteiger partial charge on any atom is -0.382 e. The third-order valence-electron chi connectivity index (χ3n) is 2.85. The van der Waals surface area contributed by atoms with E-state index in [1.807, 2.05) is 19.1 Å². The number of amides is 1. The lowest BCUT2D eigenvalue weighted by Gasteiger charge is -2.26. The van der Waals surface area contributed by atoms with Gasteiger partial charge in [0.25, 0.3) is 5.91 Å². The van der Waals surface area contributed by atoms with Gasteiger partial charge in [-0.15, -0.1) is 0 Å². The Bertz CT molecular complexity index is 447. The Hall–Kier alpha value is -1.82. The molecule has 0 spiro atoms. The fourth-order valence-corrected chi connectivity index (χ4v) is 1.84. The molecule has 98 valence electrons. The summed E-state index contributed by atoms with van der Waals surface area (Å²) in [4.78, 5) is 14.0. The van der Waals surface area contributed by atoms with Crippen LogP contribution in [-0.2, 0) is 11.3 Å². The number of allylic oxidation sites excluding steroid dienone is 2. The van der Waals surface area contributed by atoms with E-state index in [-0.39, 0.29) is 11.7 Å². The first-order chi connectivity index (χ1) is 8.72. The van der Waals surface area contributed by atoms with E-state index >= 15 is 0 Å². The Morgan fingerprint density at radius 3 is 2.94 bits per heavy atom. The van der Waals surface area contributed by atoms with Crippen LogP contribution in [0.4, 0.5) is 5.82 Å². The maximum atomic E-state index is 12.2. The van der Waals surface area contributed by atoms with Crippen molar-refractivity contribution in [3.63, 3.8) is 0 Å². The number of nitrogens with zero attached hydrogens (tertiary/aromatic N) is 3. The summed E-state index contributed by atoms with van der Waals surface area (Å²) in [6.45, 7) is 4.94. The minimum atomic E-state index is -0.0671. The summed E-state index contributed by atoms with van der Waals surface area (Å²) in [6.07, 6.45) is 5.59. The molecule has 0 atom stereocenters. The summed E-state index contributed by atoms with van der Waals surface area (Å²) < 4.78 is 6.89. The molecule has 1 fully saturated rings. The number of anilines is 1. The minimum absolute atomic E-state index is 0.0671. The predicted octanol–water partition coefficient (Wildman–Crippen LogP) is 0.514. The average molecular weight is 250 g/mol. The molecular formula is C12H18N4O2. The molecule has 1 aliphatic heterocycles. The van der Waals surface area contributed by atoms with Crippen LogP contribution in [-0.4, -0.2) is 46.9 Å². The van der Waals surface area contributed by atoms with Crippen molar-refractivity contribution in [1.29, 1.82) is 0 Å². The molecular weight excluding hydrogens is 232 g/mol. The topological polar surface area (TPSA) is 73.4 Å². The number of carbonyl (C=O) groups is 1. The number of nitrogens with two attached hydrogens (primary N) is 1. The van der Waals surface area contributed by atoms with E-state index in [4.69, 9.17) is 10.5 Å². The number of hydrogen-bond donors (Lipinski definition) is 1. The second kappa shape index (κ2) is 5.68. The van der Waals surface area contributed by atoms with Crippen molar-refractivity contribution in [2.45, 2.75) is 13.5 Å². The average Bonchev–Trinajstić information content (AvgIpc) is 2.78. The van der Waals surface area contributed by atoms with Gasteiger partial charge in [0.15, 0.2) is 5.82 Å². The third-order valence-corrected chi connectivity index (χ3v) is 2.85.